The molecule has 0 saturated heterocycles. The van der Waals surface area contributed by atoms with E-state index in [-0.39, 0.29) is 0 Å². The van der Waals surface area contributed by atoms with E-state index in [9.17, 15) is 0 Å². The van der Waals surface area contributed by atoms with E-state index in [0.717, 1.165) is 0 Å². The van der Waals surface area contributed by atoms with Gasteiger partial charge in [0.2, 0.25) is 0 Å². The van der Waals surface area contributed by atoms with Gasteiger partial charge in [0.05, 0.1) is 0 Å². The monoisotopic (exact) mass is 310 g/mol. The molecule has 20 heavy (non-hydrogen) atoms. The van der Waals surface area contributed by atoms with E-state index in [1.807, 2.05) is 21.6 Å². The van der Waals surface area contributed by atoms with Crippen LogP contribution in [0.2, 0.25) is 0 Å². The summed E-state index contributed by atoms with van der Waals surface area (Å²) in [6.07, 6.45) is 14.3. The van der Waals surface area contributed by atoms with Crippen LogP contribution in [0.25, 0.3) is 0 Å². The Kier molecular flexibility index (Phi) is 12.5. The van der Waals surface area contributed by atoms with E-state index in [4.69, 9.17) is 0 Å². The van der Waals surface area contributed by atoms with Gasteiger partial charge in [0.15, 0.2) is 0 Å². The average molecular weight is 311 g/mol. The van der Waals surface area contributed by atoms with Crippen molar-refractivity contribution in [3.8, 4) is 0 Å². The minimum Gasteiger partial charge on any atom is -0.0889 e. The van der Waals surface area contributed by atoms with Gasteiger partial charge >= 0.3 is 0 Å². The number of benzene rings is 1. The van der Waals surface area contributed by atoms with E-state index < -0.39 is 0 Å². The van der Waals surface area contributed by atoms with Crippen LogP contribution >= 0.6 is 21.6 Å². The van der Waals surface area contributed by atoms with E-state index in [2.05, 4.69) is 37.3 Å². The van der Waals surface area contributed by atoms with Gasteiger partial charge in [-0.05, 0) is 18.6 Å². The van der Waals surface area contributed by atoms with Gasteiger partial charge in [-0.15, -0.1) is 0 Å². The summed E-state index contributed by atoms with van der Waals surface area (Å²) < 4.78 is 0. The van der Waals surface area contributed by atoms with Crippen molar-refractivity contribution >= 4 is 21.6 Å². The highest BCUT2D eigenvalue weighted by atomic mass is 33.1. The molecule has 0 aliphatic rings. The van der Waals surface area contributed by atoms with Crippen molar-refractivity contribution in [2.24, 2.45) is 0 Å². The van der Waals surface area contributed by atoms with Gasteiger partial charge in [0.25, 0.3) is 0 Å². The summed E-state index contributed by atoms with van der Waals surface area (Å²) in [6.45, 7) is 2.29. The summed E-state index contributed by atoms with van der Waals surface area (Å²) >= 11 is 0. The fourth-order valence-corrected chi connectivity index (χ4v) is 4.39. The SMILES string of the molecule is CCCCCCCCCCCCSSc1ccccc1. The summed E-state index contributed by atoms with van der Waals surface area (Å²) in [7, 11) is 3.92. The summed E-state index contributed by atoms with van der Waals surface area (Å²) in [6, 6.07) is 10.7. The van der Waals surface area contributed by atoms with Crippen molar-refractivity contribution in [2.75, 3.05) is 5.75 Å². The lowest BCUT2D eigenvalue weighted by Gasteiger charge is -2.03. The molecule has 1 aromatic carbocycles. The number of hydrogen-bond acceptors (Lipinski definition) is 2. The molecule has 0 radical (unpaired) electrons. The average Bonchev–Trinajstić information content (AvgIpc) is 2.49. The Labute approximate surface area is 133 Å². The smallest absolute Gasteiger partial charge is 0.0182 e. The standard InChI is InChI=1S/C18H30S2/c1-2-3-4-5-6-7-8-9-10-14-17-19-20-18-15-12-11-13-16-18/h11-13,15-16H,2-10,14,17H2,1H3. The highest BCUT2D eigenvalue weighted by molar-refractivity contribution is 8.76. The molecule has 1 aromatic rings. The molecule has 2 heteroatoms. The second-order valence-electron chi connectivity index (χ2n) is 5.40. The first-order valence-corrected chi connectivity index (χ1v) is 10.6. The van der Waals surface area contributed by atoms with E-state index in [0.29, 0.717) is 0 Å². The van der Waals surface area contributed by atoms with Crippen LogP contribution in [0.4, 0.5) is 0 Å². The maximum atomic E-state index is 2.29. The van der Waals surface area contributed by atoms with Gasteiger partial charge in [0, 0.05) is 10.6 Å². The molecule has 0 aromatic heterocycles. The van der Waals surface area contributed by atoms with Gasteiger partial charge in [-0.2, -0.15) is 0 Å². The summed E-state index contributed by atoms with van der Waals surface area (Å²) in [5.41, 5.74) is 0. The van der Waals surface area contributed by atoms with Crippen molar-refractivity contribution in [2.45, 2.75) is 76.0 Å². The third kappa shape index (κ3) is 10.7. The second kappa shape index (κ2) is 13.9. The molecule has 0 saturated carbocycles. The molecular formula is C18H30S2. The van der Waals surface area contributed by atoms with Crippen molar-refractivity contribution in [3.63, 3.8) is 0 Å². The molecule has 0 spiro atoms. The molecule has 0 bridgehead atoms. The highest BCUT2D eigenvalue weighted by Crippen LogP contribution is 2.31. The van der Waals surface area contributed by atoms with Gasteiger partial charge in [-0.25, -0.2) is 0 Å². The normalized spacial score (nSPS) is 10.8. The minimum absolute atomic E-state index is 1.29. The first-order chi connectivity index (χ1) is 9.93. The zero-order valence-corrected chi connectivity index (χ0v) is 14.6. The van der Waals surface area contributed by atoms with E-state index in [1.165, 1.54) is 74.9 Å². The van der Waals surface area contributed by atoms with Crippen LogP contribution in [-0.2, 0) is 0 Å². The summed E-state index contributed by atoms with van der Waals surface area (Å²) in [4.78, 5) is 1.38. The number of hydrogen-bond donors (Lipinski definition) is 0. The number of rotatable bonds is 13. The van der Waals surface area contributed by atoms with Gasteiger partial charge in [-0.1, -0.05) is 104 Å². The molecule has 0 nitrogen and oxygen atoms in total. The first-order valence-electron chi connectivity index (χ1n) is 8.28. The van der Waals surface area contributed by atoms with E-state index in [1.54, 1.807) is 0 Å². The van der Waals surface area contributed by atoms with Crippen molar-refractivity contribution < 1.29 is 0 Å². The second-order valence-corrected chi connectivity index (χ2v) is 7.89. The lowest BCUT2D eigenvalue weighted by molar-refractivity contribution is 0.563. The third-order valence-electron chi connectivity index (χ3n) is 3.48. The Bertz CT molecular complexity index is 298. The van der Waals surface area contributed by atoms with Crippen molar-refractivity contribution in [1.82, 2.24) is 0 Å². The topological polar surface area (TPSA) is 0 Å². The lowest BCUT2D eigenvalue weighted by atomic mass is 10.1. The van der Waals surface area contributed by atoms with Crippen LogP contribution < -0.4 is 0 Å². The quantitative estimate of drug-likeness (QED) is 0.276. The highest BCUT2D eigenvalue weighted by Gasteiger charge is 1.95. The minimum atomic E-state index is 1.29. The Hall–Kier alpha value is -0.0800. The van der Waals surface area contributed by atoms with Crippen LogP contribution in [0.5, 0.6) is 0 Å². The molecule has 114 valence electrons. The maximum Gasteiger partial charge on any atom is 0.0182 e. The maximum absolute atomic E-state index is 2.29. The molecule has 0 heterocycles. The van der Waals surface area contributed by atoms with Crippen LogP contribution in [0.3, 0.4) is 0 Å². The molecule has 0 atom stereocenters. The molecule has 0 aliphatic carbocycles. The predicted molar refractivity (Wildman–Crippen MR) is 96.6 cm³/mol. The molecule has 0 N–H and O–H groups in total. The van der Waals surface area contributed by atoms with Crippen molar-refractivity contribution in [3.05, 3.63) is 30.3 Å². The predicted octanol–water partition coefficient (Wildman–Crippen LogP) is 7.35. The first kappa shape index (κ1) is 18.0. The van der Waals surface area contributed by atoms with Crippen LogP contribution in [0.1, 0.15) is 71.1 Å². The van der Waals surface area contributed by atoms with Gasteiger partial charge < -0.3 is 0 Å². The van der Waals surface area contributed by atoms with Gasteiger partial charge in [0.1, 0.15) is 0 Å². The molecule has 1 rings (SSSR count). The molecule has 0 fully saturated rings. The third-order valence-corrected chi connectivity index (χ3v) is 5.95. The summed E-state index contributed by atoms with van der Waals surface area (Å²) in [5.74, 6) is 1.29. The molecule has 0 unspecified atom stereocenters. The van der Waals surface area contributed by atoms with Crippen LogP contribution in [-0.4, -0.2) is 5.75 Å². The Balaban J connectivity index is 1.77. The molecule has 0 amide bonds. The number of unbranched alkanes of at least 4 members (excludes halogenated alkanes) is 9. The Morgan fingerprint density at radius 1 is 0.700 bits per heavy atom. The summed E-state index contributed by atoms with van der Waals surface area (Å²) in [5, 5.41) is 0. The molecular weight excluding hydrogens is 280 g/mol. The van der Waals surface area contributed by atoms with E-state index >= 15 is 0 Å². The van der Waals surface area contributed by atoms with Crippen LogP contribution in [0, 0.1) is 0 Å². The zero-order chi connectivity index (χ0) is 14.3. The molecule has 0 aliphatic heterocycles. The van der Waals surface area contributed by atoms with Gasteiger partial charge in [-0.3, -0.25) is 0 Å². The fraction of sp³-hybridized carbons (Fsp3) is 0.667. The van der Waals surface area contributed by atoms with Crippen molar-refractivity contribution in [1.29, 1.82) is 0 Å². The fourth-order valence-electron chi connectivity index (χ4n) is 2.23. The Morgan fingerprint density at radius 2 is 1.25 bits per heavy atom. The lowest BCUT2D eigenvalue weighted by Crippen LogP contribution is -1.83. The Morgan fingerprint density at radius 3 is 1.85 bits per heavy atom. The van der Waals surface area contributed by atoms with Crippen LogP contribution in [0.15, 0.2) is 35.2 Å². The largest absolute Gasteiger partial charge is 0.0889 e. The zero-order valence-electron chi connectivity index (χ0n) is 13.0.